The fraction of sp³-hybridized carbons (Fsp3) is 0.467. The summed E-state index contributed by atoms with van der Waals surface area (Å²) in [6.07, 6.45) is 0. The molecule has 0 saturated carbocycles. The van der Waals surface area contributed by atoms with Gasteiger partial charge >= 0.3 is 0 Å². The van der Waals surface area contributed by atoms with Gasteiger partial charge < -0.3 is 9.80 Å². The van der Waals surface area contributed by atoms with E-state index in [0.717, 1.165) is 4.47 Å². The van der Waals surface area contributed by atoms with E-state index >= 15 is 0 Å². The minimum Gasteiger partial charge on any atom is -0.341 e. The van der Waals surface area contributed by atoms with Crippen LogP contribution >= 0.6 is 27.7 Å². The SMILES string of the molecule is CCN(CC)C(=O)C1CSCN1C(=O)c1cccc(Br)c1. The molecule has 1 heterocycles. The Balaban J connectivity index is 2.18. The van der Waals surface area contributed by atoms with E-state index in [1.807, 2.05) is 26.0 Å². The van der Waals surface area contributed by atoms with Gasteiger partial charge in [0.05, 0.1) is 5.88 Å². The maximum atomic E-state index is 12.6. The van der Waals surface area contributed by atoms with Gasteiger partial charge in [0.15, 0.2) is 0 Å². The summed E-state index contributed by atoms with van der Waals surface area (Å²) >= 11 is 5.01. The summed E-state index contributed by atoms with van der Waals surface area (Å²) < 4.78 is 0.867. The van der Waals surface area contributed by atoms with Crippen molar-refractivity contribution in [2.24, 2.45) is 0 Å². The van der Waals surface area contributed by atoms with Crippen LogP contribution in [0.5, 0.6) is 0 Å². The molecule has 0 N–H and O–H groups in total. The molecular weight excluding hydrogens is 352 g/mol. The molecule has 0 aromatic heterocycles. The summed E-state index contributed by atoms with van der Waals surface area (Å²) in [7, 11) is 0. The molecule has 2 rings (SSSR count). The first-order valence-corrected chi connectivity index (χ1v) is 8.96. The van der Waals surface area contributed by atoms with Crippen molar-refractivity contribution < 1.29 is 9.59 Å². The molecule has 114 valence electrons. The van der Waals surface area contributed by atoms with E-state index in [-0.39, 0.29) is 17.9 Å². The van der Waals surface area contributed by atoms with Crippen LogP contribution in [0.3, 0.4) is 0 Å². The molecule has 1 aliphatic heterocycles. The highest BCUT2D eigenvalue weighted by Gasteiger charge is 2.36. The Morgan fingerprint density at radius 1 is 1.38 bits per heavy atom. The van der Waals surface area contributed by atoms with Gasteiger partial charge in [-0.15, -0.1) is 11.8 Å². The number of hydrogen-bond donors (Lipinski definition) is 0. The Labute approximate surface area is 138 Å². The van der Waals surface area contributed by atoms with E-state index in [1.165, 1.54) is 0 Å². The number of amides is 2. The third-order valence-electron chi connectivity index (χ3n) is 3.57. The number of benzene rings is 1. The van der Waals surface area contributed by atoms with Gasteiger partial charge in [-0.1, -0.05) is 22.0 Å². The van der Waals surface area contributed by atoms with Crippen LogP contribution in [-0.4, -0.2) is 52.4 Å². The molecule has 1 saturated heterocycles. The third-order valence-corrected chi connectivity index (χ3v) is 5.08. The molecule has 0 spiro atoms. The summed E-state index contributed by atoms with van der Waals surface area (Å²) in [5, 5.41) is 0. The van der Waals surface area contributed by atoms with Crippen LogP contribution in [0.25, 0.3) is 0 Å². The highest BCUT2D eigenvalue weighted by molar-refractivity contribution is 9.10. The largest absolute Gasteiger partial charge is 0.341 e. The molecule has 1 fully saturated rings. The summed E-state index contributed by atoms with van der Waals surface area (Å²) in [5.41, 5.74) is 0.615. The molecule has 6 heteroatoms. The van der Waals surface area contributed by atoms with Gasteiger partial charge in [0, 0.05) is 28.9 Å². The van der Waals surface area contributed by atoms with Crippen LogP contribution in [0.1, 0.15) is 24.2 Å². The Kier molecular flexibility index (Phi) is 5.70. The molecule has 21 heavy (non-hydrogen) atoms. The van der Waals surface area contributed by atoms with E-state index in [2.05, 4.69) is 15.9 Å². The lowest BCUT2D eigenvalue weighted by Crippen LogP contribution is -2.48. The number of likely N-dealkylation sites (N-methyl/N-ethyl adjacent to an activating group) is 1. The fourth-order valence-electron chi connectivity index (χ4n) is 2.38. The molecule has 1 unspecified atom stereocenters. The maximum absolute atomic E-state index is 12.6. The van der Waals surface area contributed by atoms with Crippen molar-refractivity contribution in [2.75, 3.05) is 24.7 Å². The van der Waals surface area contributed by atoms with Gasteiger partial charge in [-0.3, -0.25) is 9.59 Å². The summed E-state index contributed by atoms with van der Waals surface area (Å²) in [6, 6.07) is 6.95. The van der Waals surface area contributed by atoms with Crippen LogP contribution in [0.2, 0.25) is 0 Å². The topological polar surface area (TPSA) is 40.6 Å². The summed E-state index contributed by atoms with van der Waals surface area (Å²) in [5.74, 6) is 1.22. The monoisotopic (exact) mass is 370 g/mol. The van der Waals surface area contributed by atoms with Crippen molar-refractivity contribution >= 4 is 39.5 Å². The van der Waals surface area contributed by atoms with E-state index in [4.69, 9.17) is 0 Å². The van der Waals surface area contributed by atoms with Crippen LogP contribution in [0.15, 0.2) is 28.7 Å². The first-order valence-electron chi connectivity index (χ1n) is 7.01. The average Bonchev–Trinajstić information content (AvgIpc) is 2.97. The zero-order chi connectivity index (χ0) is 15.4. The third kappa shape index (κ3) is 3.61. The van der Waals surface area contributed by atoms with Crippen molar-refractivity contribution in [1.82, 2.24) is 9.80 Å². The first kappa shape index (κ1) is 16.4. The Morgan fingerprint density at radius 3 is 2.71 bits per heavy atom. The fourth-order valence-corrected chi connectivity index (χ4v) is 3.93. The van der Waals surface area contributed by atoms with Crippen LogP contribution in [0.4, 0.5) is 0 Å². The standard InChI is InChI=1S/C15H19BrN2O2S/c1-3-17(4-2)15(20)13-9-21-10-18(13)14(19)11-6-5-7-12(16)8-11/h5-8,13H,3-4,9-10H2,1-2H3. The van der Waals surface area contributed by atoms with Crippen molar-refractivity contribution in [3.8, 4) is 0 Å². The van der Waals surface area contributed by atoms with Crippen LogP contribution in [0, 0.1) is 0 Å². The molecule has 4 nitrogen and oxygen atoms in total. The van der Waals surface area contributed by atoms with E-state index in [0.29, 0.717) is 30.3 Å². The van der Waals surface area contributed by atoms with E-state index < -0.39 is 0 Å². The number of nitrogens with zero attached hydrogens (tertiary/aromatic N) is 2. The highest BCUT2D eigenvalue weighted by Crippen LogP contribution is 2.25. The number of halogens is 1. The zero-order valence-electron chi connectivity index (χ0n) is 12.2. The van der Waals surface area contributed by atoms with Crippen molar-refractivity contribution in [3.63, 3.8) is 0 Å². The zero-order valence-corrected chi connectivity index (χ0v) is 14.6. The second-order valence-electron chi connectivity index (χ2n) is 4.81. The molecule has 1 atom stereocenters. The second kappa shape index (κ2) is 7.31. The average molecular weight is 371 g/mol. The van der Waals surface area contributed by atoms with Gasteiger partial charge in [0.1, 0.15) is 6.04 Å². The van der Waals surface area contributed by atoms with E-state index in [9.17, 15) is 9.59 Å². The molecule has 0 bridgehead atoms. The smallest absolute Gasteiger partial charge is 0.255 e. The minimum atomic E-state index is -0.346. The number of carbonyl (C=O) groups excluding carboxylic acids is 2. The normalized spacial score (nSPS) is 17.9. The van der Waals surface area contributed by atoms with Crippen molar-refractivity contribution in [2.45, 2.75) is 19.9 Å². The minimum absolute atomic E-state index is 0.0494. The lowest BCUT2D eigenvalue weighted by Gasteiger charge is -2.28. The number of carbonyl (C=O) groups is 2. The highest BCUT2D eigenvalue weighted by atomic mass is 79.9. The second-order valence-corrected chi connectivity index (χ2v) is 6.73. The Hall–Kier alpha value is -1.01. The predicted octanol–water partition coefficient (Wildman–Crippen LogP) is 2.83. The van der Waals surface area contributed by atoms with Gasteiger partial charge in [-0.2, -0.15) is 0 Å². The van der Waals surface area contributed by atoms with E-state index in [1.54, 1.807) is 33.7 Å². The number of rotatable bonds is 4. The molecule has 0 radical (unpaired) electrons. The first-order chi connectivity index (χ1) is 10.1. The lowest BCUT2D eigenvalue weighted by atomic mass is 10.1. The lowest BCUT2D eigenvalue weighted by molar-refractivity contribution is -0.134. The molecule has 1 aromatic rings. The van der Waals surface area contributed by atoms with Gasteiger partial charge in [0.25, 0.3) is 5.91 Å². The predicted molar refractivity (Wildman–Crippen MR) is 89.4 cm³/mol. The van der Waals surface area contributed by atoms with Gasteiger partial charge in [-0.05, 0) is 32.0 Å². The molecular formula is C15H19BrN2O2S. The van der Waals surface area contributed by atoms with Gasteiger partial charge in [-0.25, -0.2) is 0 Å². The van der Waals surface area contributed by atoms with Crippen LogP contribution < -0.4 is 0 Å². The number of thioether (sulfide) groups is 1. The summed E-state index contributed by atoms with van der Waals surface area (Å²) in [4.78, 5) is 28.6. The number of hydrogen-bond acceptors (Lipinski definition) is 3. The molecule has 1 aromatic carbocycles. The maximum Gasteiger partial charge on any atom is 0.255 e. The van der Waals surface area contributed by atoms with Gasteiger partial charge in [0.2, 0.25) is 5.91 Å². The quantitative estimate of drug-likeness (QED) is 0.817. The van der Waals surface area contributed by atoms with Crippen LogP contribution in [-0.2, 0) is 4.79 Å². The Bertz CT molecular complexity index is 534. The van der Waals surface area contributed by atoms with Crippen molar-refractivity contribution in [3.05, 3.63) is 34.3 Å². The summed E-state index contributed by atoms with van der Waals surface area (Å²) in [6.45, 7) is 5.28. The molecule has 1 aliphatic rings. The molecule has 0 aliphatic carbocycles. The Morgan fingerprint density at radius 2 is 2.10 bits per heavy atom. The molecule has 2 amide bonds. The van der Waals surface area contributed by atoms with Crippen molar-refractivity contribution in [1.29, 1.82) is 0 Å².